The third kappa shape index (κ3) is 2.38. The molecule has 1 aromatic heterocycles. The van der Waals surface area contributed by atoms with Gasteiger partial charge in [0, 0.05) is 6.61 Å². The summed E-state index contributed by atoms with van der Waals surface area (Å²) in [5.41, 5.74) is -0.653. The number of amides is 1. The molecule has 6 heteroatoms. The fraction of sp³-hybridized carbons (Fsp3) is 0.700. The van der Waals surface area contributed by atoms with Gasteiger partial charge in [-0.2, -0.15) is 0 Å². The maximum Gasteiger partial charge on any atom is 0.252 e. The van der Waals surface area contributed by atoms with E-state index in [9.17, 15) is 4.79 Å². The van der Waals surface area contributed by atoms with E-state index in [1.54, 1.807) is 0 Å². The SMILES string of the molecule is Cc1nnc(CNC(=O)[C@@]2(C)CCCO2)s1. The lowest BCUT2D eigenvalue weighted by atomic mass is 10.0. The summed E-state index contributed by atoms with van der Waals surface area (Å²) in [5, 5.41) is 12.4. The summed E-state index contributed by atoms with van der Waals surface area (Å²) in [4.78, 5) is 11.9. The van der Waals surface area contributed by atoms with Crippen molar-refractivity contribution in [3.05, 3.63) is 10.0 Å². The molecule has 1 amide bonds. The van der Waals surface area contributed by atoms with Crippen LogP contribution in [0.2, 0.25) is 0 Å². The highest BCUT2D eigenvalue weighted by atomic mass is 32.1. The Bertz CT molecular complexity index is 385. The molecule has 0 aliphatic carbocycles. The first kappa shape index (κ1) is 11.5. The van der Waals surface area contributed by atoms with E-state index in [-0.39, 0.29) is 5.91 Å². The van der Waals surface area contributed by atoms with E-state index < -0.39 is 5.60 Å². The summed E-state index contributed by atoms with van der Waals surface area (Å²) in [7, 11) is 0. The highest BCUT2D eigenvalue weighted by molar-refractivity contribution is 7.11. The van der Waals surface area contributed by atoms with Gasteiger partial charge in [-0.15, -0.1) is 10.2 Å². The lowest BCUT2D eigenvalue weighted by Gasteiger charge is -2.21. The molecule has 1 atom stereocenters. The van der Waals surface area contributed by atoms with Crippen LogP contribution in [0.3, 0.4) is 0 Å². The van der Waals surface area contributed by atoms with Crippen LogP contribution in [0.4, 0.5) is 0 Å². The first-order valence-electron chi connectivity index (χ1n) is 5.31. The summed E-state index contributed by atoms with van der Waals surface area (Å²) >= 11 is 1.49. The largest absolute Gasteiger partial charge is 0.365 e. The Kier molecular flexibility index (Phi) is 3.20. The number of nitrogens with one attached hydrogen (secondary N) is 1. The van der Waals surface area contributed by atoms with Crippen molar-refractivity contribution in [3.63, 3.8) is 0 Å². The number of hydrogen-bond acceptors (Lipinski definition) is 5. The smallest absolute Gasteiger partial charge is 0.252 e. The molecule has 88 valence electrons. The third-order valence-electron chi connectivity index (χ3n) is 2.67. The van der Waals surface area contributed by atoms with Crippen LogP contribution in [-0.2, 0) is 16.1 Å². The summed E-state index contributed by atoms with van der Waals surface area (Å²) in [6.07, 6.45) is 1.73. The van der Waals surface area contributed by atoms with Gasteiger partial charge >= 0.3 is 0 Å². The molecule has 0 aromatic carbocycles. The lowest BCUT2D eigenvalue weighted by molar-refractivity contribution is -0.139. The number of hydrogen-bond donors (Lipinski definition) is 1. The molecule has 0 radical (unpaired) electrons. The number of nitrogens with zero attached hydrogens (tertiary/aromatic N) is 2. The van der Waals surface area contributed by atoms with Crippen molar-refractivity contribution >= 4 is 17.2 Å². The molecule has 1 aliphatic rings. The number of aromatic nitrogens is 2. The van der Waals surface area contributed by atoms with Crippen LogP contribution in [0.1, 0.15) is 29.8 Å². The number of aryl methyl sites for hydroxylation is 1. The fourth-order valence-electron chi connectivity index (χ4n) is 1.71. The minimum atomic E-state index is -0.653. The van der Waals surface area contributed by atoms with Crippen LogP contribution in [0.25, 0.3) is 0 Å². The van der Waals surface area contributed by atoms with Crippen LogP contribution in [0, 0.1) is 6.92 Å². The van der Waals surface area contributed by atoms with Crippen LogP contribution in [-0.4, -0.2) is 28.3 Å². The van der Waals surface area contributed by atoms with Crippen molar-refractivity contribution in [2.75, 3.05) is 6.61 Å². The van der Waals surface area contributed by atoms with Crippen molar-refractivity contribution in [1.29, 1.82) is 0 Å². The zero-order chi connectivity index (χ0) is 11.6. The zero-order valence-electron chi connectivity index (χ0n) is 9.45. The maximum absolute atomic E-state index is 11.9. The molecule has 5 nitrogen and oxygen atoms in total. The van der Waals surface area contributed by atoms with Crippen LogP contribution in [0.5, 0.6) is 0 Å². The second-order valence-corrected chi connectivity index (χ2v) is 5.35. The minimum Gasteiger partial charge on any atom is -0.365 e. The Hall–Kier alpha value is -1.01. The molecule has 1 saturated heterocycles. The van der Waals surface area contributed by atoms with Gasteiger partial charge in [0.2, 0.25) is 0 Å². The maximum atomic E-state index is 11.9. The minimum absolute atomic E-state index is 0.0575. The fourth-order valence-corrected chi connectivity index (χ4v) is 2.36. The van der Waals surface area contributed by atoms with Crippen LogP contribution < -0.4 is 5.32 Å². The average molecular weight is 241 g/mol. The predicted octanol–water partition coefficient (Wildman–Crippen LogP) is 1.03. The molecule has 0 bridgehead atoms. The van der Waals surface area contributed by atoms with Crippen molar-refractivity contribution in [3.8, 4) is 0 Å². The topological polar surface area (TPSA) is 64.1 Å². The van der Waals surface area contributed by atoms with E-state index in [4.69, 9.17) is 4.74 Å². The van der Waals surface area contributed by atoms with Gasteiger partial charge in [0.15, 0.2) is 0 Å². The molecule has 2 rings (SSSR count). The standard InChI is InChI=1S/C10H15N3O2S/c1-7-12-13-8(16-7)6-11-9(14)10(2)4-3-5-15-10/h3-6H2,1-2H3,(H,11,14)/t10-/m1/s1. The van der Waals surface area contributed by atoms with E-state index in [1.165, 1.54) is 11.3 Å². The first-order valence-corrected chi connectivity index (χ1v) is 6.13. The molecule has 1 aliphatic heterocycles. The number of rotatable bonds is 3. The van der Waals surface area contributed by atoms with E-state index in [2.05, 4.69) is 15.5 Å². The Balaban J connectivity index is 1.88. The second-order valence-electron chi connectivity index (χ2n) is 4.08. The van der Waals surface area contributed by atoms with Gasteiger partial charge in [0.25, 0.3) is 5.91 Å². The average Bonchev–Trinajstić information content (AvgIpc) is 2.85. The summed E-state index contributed by atoms with van der Waals surface area (Å²) in [5.74, 6) is -0.0575. The highest BCUT2D eigenvalue weighted by Crippen LogP contribution is 2.25. The first-order chi connectivity index (χ1) is 7.60. The summed E-state index contributed by atoms with van der Waals surface area (Å²) in [6.45, 7) is 4.83. The van der Waals surface area contributed by atoms with Crippen molar-refractivity contribution in [2.24, 2.45) is 0 Å². The van der Waals surface area contributed by atoms with Gasteiger partial charge in [-0.25, -0.2) is 0 Å². The molecule has 0 spiro atoms. The van der Waals surface area contributed by atoms with Gasteiger partial charge < -0.3 is 10.1 Å². The summed E-state index contributed by atoms with van der Waals surface area (Å²) < 4.78 is 5.45. The van der Waals surface area contributed by atoms with Gasteiger partial charge in [0.1, 0.15) is 15.6 Å². The second kappa shape index (κ2) is 4.47. The lowest BCUT2D eigenvalue weighted by Crippen LogP contribution is -2.43. The van der Waals surface area contributed by atoms with Crippen molar-refractivity contribution in [1.82, 2.24) is 15.5 Å². The summed E-state index contributed by atoms with van der Waals surface area (Å²) in [6, 6.07) is 0. The van der Waals surface area contributed by atoms with E-state index >= 15 is 0 Å². The molecule has 16 heavy (non-hydrogen) atoms. The molecule has 0 saturated carbocycles. The normalized spacial score (nSPS) is 24.6. The van der Waals surface area contributed by atoms with E-state index in [1.807, 2.05) is 13.8 Å². The molecule has 2 heterocycles. The molecular weight excluding hydrogens is 226 g/mol. The van der Waals surface area contributed by atoms with E-state index in [0.717, 1.165) is 22.9 Å². The zero-order valence-corrected chi connectivity index (χ0v) is 10.3. The van der Waals surface area contributed by atoms with Gasteiger partial charge in [-0.1, -0.05) is 11.3 Å². The van der Waals surface area contributed by atoms with Gasteiger partial charge in [-0.3, -0.25) is 4.79 Å². The van der Waals surface area contributed by atoms with Crippen LogP contribution in [0.15, 0.2) is 0 Å². The third-order valence-corrected chi connectivity index (χ3v) is 3.51. The molecular formula is C10H15N3O2S. The Morgan fingerprint density at radius 2 is 2.44 bits per heavy atom. The monoisotopic (exact) mass is 241 g/mol. The van der Waals surface area contributed by atoms with Gasteiger partial charge in [-0.05, 0) is 26.7 Å². The highest BCUT2D eigenvalue weighted by Gasteiger charge is 2.37. The molecule has 1 N–H and O–H groups in total. The van der Waals surface area contributed by atoms with Crippen molar-refractivity contribution in [2.45, 2.75) is 38.8 Å². The van der Waals surface area contributed by atoms with E-state index in [0.29, 0.717) is 13.2 Å². The number of carbonyl (C=O) groups excluding carboxylic acids is 1. The van der Waals surface area contributed by atoms with Crippen molar-refractivity contribution < 1.29 is 9.53 Å². The number of carbonyl (C=O) groups is 1. The Labute approximate surface area is 98.2 Å². The molecule has 0 unspecified atom stereocenters. The van der Waals surface area contributed by atoms with Gasteiger partial charge in [0.05, 0.1) is 6.54 Å². The Morgan fingerprint density at radius 1 is 1.62 bits per heavy atom. The quantitative estimate of drug-likeness (QED) is 0.858. The van der Waals surface area contributed by atoms with Crippen LogP contribution >= 0.6 is 11.3 Å². The number of ether oxygens (including phenoxy) is 1. The molecule has 1 fully saturated rings. The predicted molar refractivity (Wildman–Crippen MR) is 60.1 cm³/mol. The Morgan fingerprint density at radius 3 is 3.00 bits per heavy atom. The molecule has 1 aromatic rings.